The van der Waals surface area contributed by atoms with Gasteiger partial charge in [0.25, 0.3) is 0 Å². The molecule has 0 fully saturated rings. The molecule has 2 aromatic rings. The number of hydrogen-bond donors (Lipinski definition) is 0. The van der Waals surface area contributed by atoms with Crippen LogP contribution in [0.5, 0.6) is 0 Å². The van der Waals surface area contributed by atoms with Gasteiger partial charge >= 0.3 is 116 Å². The van der Waals surface area contributed by atoms with Gasteiger partial charge in [-0.15, -0.1) is 0 Å². The third kappa shape index (κ3) is 4.80. The third-order valence-electron chi connectivity index (χ3n) is 2.59. The van der Waals surface area contributed by atoms with Crippen LogP contribution >= 0.6 is 0 Å². The monoisotopic (exact) mass is 300 g/mol. The van der Waals surface area contributed by atoms with Gasteiger partial charge in [0.1, 0.15) is 0 Å². The SMILES string of the molecule is C(#C[Se]c1ccccc1)CCCc1ccccc1. The summed E-state index contributed by atoms with van der Waals surface area (Å²) in [6.45, 7) is 0. The Hall–Kier alpha value is -1.48. The first-order valence-corrected chi connectivity index (χ1v) is 7.90. The molecular formula is C17H16Se. The van der Waals surface area contributed by atoms with E-state index >= 15 is 0 Å². The summed E-state index contributed by atoms with van der Waals surface area (Å²) in [5, 5.41) is 0. The molecule has 0 nitrogen and oxygen atoms in total. The predicted octanol–water partition coefficient (Wildman–Crippen LogP) is 3.00. The normalized spacial score (nSPS) is 9.56. The first kappa shape index (κ1) is 13.0. The molecule has 0 spiro atoms. The summed E-state index contributed by atoms with van der Waals surface area (Å²) in [7, 11) is 0. The summed E-state index contributed by atoms with van der Waals surface area (Å²) in [5.74, 6) is 3.28. The summed E-state index contributed by atoms with van der Waals surface area (Å²) >= 11 is 0.313. The van der Waals surface area contributed by atoms with E-state index < -0.39 is 0 Å². The van der Waals surface area contributed by atoms with Crippen molar-refractivity contribution in [3.8, 4) is 10.7 Å². The van der Waals surface area contributed by atoms with Gasteiger partial charge in [-0.1, -0.05) is 0 Å². The Kier molecular flexibility index (Phi) is 5.60. The van der Waals surface area contributed by atoms with E-state index in [0.717, 1.165) is 19.3 Å². The minimum absolute atomic E-state index is 0.313. The van der Waals surface area contributed by atoms with Crippen LogP contribution in [0.25, 0.3) is 0 Å². The molecule has 2 rings (SSSR count). The van der Waals surface area contributed by atoms with E-state index in [-0.39, 0.29) is 0 Å². The fourth-order valence-corrected chi connectivity index (χ4v) is 2.89. The molecule has 0 saturated carbocycles. The molecule has 0 amide bonds. The van der Waals surface area contributed by atoms with Gasteiger partial charge in [0, 0.05) is 0 Å². The van der Waals surface area contributed by atoms with Crippen LogP contribution in [0.4, 0.5) is 0 Å². The first-order chi connectivity index (χ1) is 8.95. The van der Waals surface area contributed by atoms with Crippen LogP contribution in [0.2, 0.25) is 0 Å². The molecule has 2 aromatic carbocycles. The summed E-state index contributed by atoms with van der Waals surface area (Å²) in [6.07, 6.45) is 3.29. The van der Waals surface area contributed by atoms with Crippen molar-refractivity contribution in [3.05, 3.63) is 66.2 Å². The Morgan fingerprint density at radius 1 is 0.833 bits per heavy atom. The van der Waals surface area contributed by atoms with Crippen LogP contribution in [0.15, 0.2) is 60.7 Å². The van der Waals surface area contributed by atoms with Gasteiger partial charge in [0.15, 0.2) is 0 Å². The van der Waals surface area contributed by atoms with Crippen molar-refractivity contribution in [1.82, 2.24) is 0 Å². The molecule has 0 aliphatic heterocycles. The second kappa shape index (κ2) is 7.77. The van der Waals surface area contributed by atoms with Crippen molar-refractivity contribution in [2.24, 2.45) is 0 Å². The summed E-state index contributed by atoms with van der Waals surface area (Å²) < 4.78 is 1.36. The fourth-order valence-electron chi connectivity index (χ4n) is 1.66. The van der Waals surface area contributed by atoms with Gasteiger partial charge < -0.3 is 0 Å². The standard InChI is InChI=1S/C17H16Se/c1-4-10-16(11-5-1)12-6-3-9-15-18-17-13-7-2-8-14-17/h1-2,4-5,7-8,10-11,13-14H,3,6,12H2. The zero-order chi connectivity index (χ0) is 12.5. The van der Waals surface area contributed by atoms with Crippen LogP contribution in [-0.2, 0) is 6.42 Å². The number of benzene rings is 2. The van der Waals surface area contributed by atoms with Crippen molar-refractivity contribution in [3.63, 3.8) is 0 Å². The van der Waals surface area contributed by atoms with E-state index in [2.05, 4.69) is 65.3 Å². The van der Waals surface area contributed by atoms with Gasteiger partial charge in [-0.3, -0.25) is 0 Å². The van der Waals surface area contributed by atoms with E-state index in [9.17, 15) is 0 Å². The average Bonchev–Trinajstić information content (AvgIpc) is 2.45. The van der Waals surface area contributed by atoms with Crippen molar-refractivity contribution in [2.75, 3.05) is 0 Å². The van der Waals surface area contributed by atoms with Crippen LogP contribution in [0.1, 0.15) is 18.4 Å². The Bertz CT molecular complexity index is 506. The number of hydrogen-bond acceptors (Lipinski definition) is 0. The molecule has 1 heteroatoms. The first-order valence-electron chi connectivity index (χ1n) is 6.19. The molecular weight excluding hydrogens is 283 g/mol. The fraction of sp³-hybridized carbons (Fsp3) is 0.176. The van der Waals surface area contributed by atoms with E-state index in [1.54, 1.807) is 0 Å². The van der Waals surface area contributed by atoms with Crippen molar-refractivity contribution < 1.29 is 0 Å². The zero-order valence-corrected chi connectivity index (χ0v) is 12.0. The van der Waals surface area contributed by atoms with Gasteiger partial charge in [0.05, 0.1) is 0 Å². The number of unbranched alkanes of at least 4 members (excludes halogenated alkanes) is 1. The molecule has 0 radical (unpaired) electrons. The van der Waals surface area contributed by atoms with Crippen LogP contribution in [-0.4, -0.2) is 15.0 Å². The Morgan fingerprint density at radius 3 is 2.22 bits per heavy atom. The second-order valence-corrected chi connectivity index (χ2v) is 5.88. The molecule has 0 atom stereocenters. The van der Waals surface area contributed by atoms with E-state index in [1.165, 1.54) is 10.0 Å². The van der Waals surface area contributed by atoms with Gasteiger partial charge in [-0.2, -0.15) is 0 Å². The molecule has 0 saturated heterocycles. The van der Waals surface area contributed by atoms with E-state index in [1.807, 2.05) is 6.07 Å². The van der Waals surface area contributed by atoms with Gasteiger partial charge in [-0.25, -0.2) is 0 Å². The van der Waals surface area contributed by atoms with Crippen molar-refractivity contribution in [1.29, 1.82) is 0 Å². The number of aryl methyl sites for hydroxylation is 1. The predicted molar refractivity (Wildman–Crippen MR) is 79.0 cm³/mol. The molecule has 0 unspecified atom stereocenters. The molecule has 0 aliphatic carbocycles. The Balaban J connectivity index is 1.67. The summed E-state index contributed by atoms with van der Waals surface area (Å²) in [6, 6.07) is 21.1. The summed E-state index contributed by atoms with van der Waals surface area (Å²) in [5.41, 5.74) is 1.41. The molecule has 90 valence electrons. The Morgan fingerprint density at radius 2 is 1.50 bits per heavy atom. The van der Waals surface area contributed by atoms with Crippen LogP contribution in [0.3, 0.4) is 0 Å². The van der Waals surface area contributed by atoms with Crippen molar-refractivity contribution >= 4 is 19.4 Å². The van der Waals surface area contributed by atoms with Crippen molar-refractivity contribution in [2.45, 2.75) is 19.3 Å². The molecule has 0 heterocycles. The average molecular weight is 299 g/mol. The van der Waals surface area contributed by atoms with Crippen LogP contribution in [0, 0.1) is 10.7 Å². The quantitative estimate of drug-likeness (QED) is 0.462. The van der Waals surface area contributed by atoms with Gasteiger partial charge in [0.2, 0.25) is 0 Å². The van der Waals surface area contributed by atoms with Crippen LogP contribution < -0.4 is 4.46 Å². The zero-order valence-electron chi connectivity index (χ0n) is 10.3. The summed E-state index contributed by atoms with van der Waals surface area (Å²) in [4.78, 5) is 3.30. The van der Waals surface area contributed by atoms with E-state index in [0.29, 0.717) is 15.0 Å². The topological polar surface area (TPSA) is 0 Å². The third-order valence-corrected chi connectivity index (χ3v) is 4.18. The molecule has 0 aliphatic rings. The van der Waals surface area contributed by atoms with E-state index in [4.69, 9.17) is 0 Å². The minimum atomic E-state index is 0.313. The maximum absolute atomic E-state index is 3.30. The van der Waals surface area contributed by atoms with Gasteiger partial charge in [-0.05, 0) is 0 Å². The maximum atomic E-state index is 3.30. The molecule has 0 N–H and O–H groups in total. The number of rotatable bonds is 4. The molecule has 18 heavy (non-hydrogen) atoms. The second-order valence-electron chi connectivity index (χ2n) is 4.03. The molecule has 0 bridgehead atoms. The Labute approximate surface area is 116 Å². The molecule has 0 aromatic heterocycles.